The number of hydrogen-bond donors (Lipinski definition) is 2. The lowest BCUT2D eigenvalue weighted by molar-refractivity contribution is -0.131. The molecule has 76 valence electrons. The maximum atomic E-state index is 10.1. The second-order valence-electron chi connectivity index (χ2n) is 3.55. The zero-order valence-corrected chi connectivity index (χ0v) is 8.29. The van der Waals surface area contributed by atoms with Crippen LogP contribution in [0.15, 0.2) is 12.2 Å². The van der Waals surface area contributed by atoms with E-state index in [1.54, 1.807) is 6.92 Å². The number of carboxylic acid groups (broad SMARTS) is 1. The molecule has 0 spiro atoms. The molecule has 0 aliphatic heterocycles. The normalized spacial score (nSPS) is 15.9. The molecule has 0 fully saturated rings. The quantitative estimate of drug-likeness (QED) is 0.623. The van der Waals surface area contributed by atoms with Gasteiger partial charge >= 0.3 is 5.97 Å². The van der Waals surface area contributed by atoms with Crippen LogP contribution in [-0.4, -0.2) is 21.8 Å². The van der Waals surface area contributed by atoms with Crippen molar-refractivity contribution in [3.05, 3.63) is 12.2 Å². The van der Waals surface area contributed by atoms with Crippen molar-refractivity contribution in [1.29, 1.82) is 0 Å². The first-order valence-corrected chi connectivity index (χ1v) is 4.60. The third-order valence-electron chi connectivity index (χ3n) is 1.89. The molecule has 0 aliphatic carbocycles. The van der Waals surface area contributed by atoms with Gasteiger partial charge in [-0.2, -0.15) is 0 Å². The van der Waals surface area contributed by atoms with Crippen LogP contribution in [0, 0.1) is 0 Å². The number of aliphatic carboxylic acids is 1. The van der Waals surface area contributed by atoms with Crippen molar-refractivity contribution in [2.45, 2.75) is 45.1 Å². The standard InChI is InChI=1S/C10H18O3/c1-3-4-7-10(2,13)8-5-6-9(11)12/h5-6,13H,3-4,7-8H2,1-2H3,(H,11,12). The largest absolute Gasteiger partial charge is 0.478 e. The zero-order chi connectivity index (χ0) is 10.3. The Labute approximate surface area is 79.1 Å². The Balaban J connectivity index is 3.80. The number of hydrogen-bond acceptors (Lipinski definition) is 2. The number of rotatable bonds is 6. The van der Waals surface area contributed by atoms with Gasteiger partial charge in [-0.3, -0.25) is 0 Å². The van der Waals surface area contributed by atoms with Crippen LogP contribution >= 0.6 is 0 Å². The van der Waals surface area contributed by atoms with Gasteiger partial charge in [-0.1, -0.05) is 25.8 Å². The zero-order valence-electron chi connectivity index (χ0n) is 8.29. The molecule has 0 aromatic rings. The minimum Gasteiger partial charge on any atom is -0.478 e. The summed E-state index contributed by atoms with van der Waals surface area (Å²) in [6.07, 6.45) is 5.69. The molecule has 0 aromatic carbocycles. The van der Waals surface area contributed by atoms with Crippen LogP contribution < -0.4 is 0 Å². The van der Waals surface area contributed by atoms with E-state index >= 15 is 0 Å². The molecule has 0 saturated carbocycles. The van der Waals surface area contributed by atoms with Crippen LogP contribution in [0.3, 0.4) is 0 Å². The predicted molar refractivity (Wildman–Crippen MR) is 51.5 cm³/mol. The van der Waals surface area contributed by atoms with Crippen molar-refractivity contribution in [3.8, 4) is 0 Å². The summed E-state index contributed by atoms with van der Waals surface area (Å²) in [5.41, 5.74) is -0.762. The summed E-state index contributed by atoms with van der Waals surface area (Å²) in [4.78, 5) is 10.1. The third kappa shape index (κ3) is 7.53. The molecule has 3 heteroatoms. The molecule has 0 bridgehead atoms. The summed E-state index contributed by atoms with van der Waals surface area (Å²) in [5, 5.41) is 18.0. The lowest BCUT2D eigenvalue weighted by Crippen LogP contribution is -2.22. The van der Waals surface area contributed by atoms with Crippen molar-refractivity contribution in [1.82, 2.24) is 0 Å². The van der Waals surface area contributed by atoms with Gasteiger partial charge in [0.05, 0.1) is 5.60 Å². The lowest BCUT2D eigenvalue weighted by Gasteiger charge is -2.20. The first-order valence-electron chi connectivity index (χ1n) is 4.60. The topological polar surface area (TPSA) is 57.5 Å². The molecule has 0 rings (SSSR count). The molecule has 0 aliphatic rings. The summed E-state index contributed by atoms with van der Waals surface area (Å²) < 4.78 is 0. The van der Waals surface area contributed by atoms with E-state index in [4.69, 9.17) is 5.11 Å². The highest BCUT2D eigenvalue weighted by atomic mass is 16.4. The van der Waals surface area contributed by atoms with E-state index in [0.717, 1.165) is 18.9 Å². The minimum atomic E-state index is -0.966. The van der Waals surface area contributed by atoms with Gasteiger partial charge in [0.15, 0.2) is 0 Å². The SMILES string of the molecule is CCCCC(C)(O)CC=CC(=O)O. The average Bonchev–Trinajstić information content (AvgIpc) is 2.00. The molecule has 0 amide bonds. The summed E-state index contributed by atoms with van der Waals surface area (Å²) in [7, 11) is 0. The van der Waals surface area contributed by atoms with Gasteiger partial charge in [0.1, 0.15) is 0 Å². The van der Waals surface area contributed by atoms with Crippen LogP contribution in [-0.2, 0) is 4.79 Å². The fourth-order valence-electron chi connectivity index (χ4n) is 1.07. The molecular weight excluding hydrogens is 168 g/mol. The fraction of sp³-hybridized carbons (Fsp3) is 0.700. The first-order chi connectivity index (χ1) is 5.98. The molecule has 0 aromatic heterocycles. The second-order valence-corrected chi connectivity index (χ2v) is 3.55. The van der Waals surface area contributed by atoms with Crippen molar-refractivity contribution in [2.75, 3.05) is 0 Å². The van der Waals surface area contributed by atoms with E-state index in [9.17, 15) is 9.90 Å². The van der Waals surface area contributed by atoms with Gasteiger partial charge in [0.25, 0.3) is 0 Å². The van der Waals surface area contributed by atoms with E-state index < -0.39 is 11.6 Å². The highest BCUT2D eigenvalue weighted by molar-refractivity contribution is 5.79. The van der Waals surface area contributed by atoms with Gasteiger partial charge in [-0.25, -0.2) is 4.79 Å². The highest BCUT2D eigenvalue weighted by Crippen LogP contribution is 2.17. The highest BCUT2D eigenvalue weighted by Gasteiger charge is 2.17. The van der Waals surface area contributed by atoms with E-state index in [1.807, 2.05) is 0 Å². The number of carbonyl (C=O) groups is 1. The third-order valence-corrected chi connectivity index (χ3v) is 1.89. The van der Waals surface area contributed by atoms with Gasteiger partial charge < -0.3 is 10.2 Å². The lowest BCUT2D eigenvalue weighted by atomic mass is 9.95. The first kappa shape index (κ1) is 12.2. The van der Waals surface area contributed by atoms with E-state index in [0.29, 0.717) is 12.8 Å². The van der Waals surface area contributed by atoms with Crippen LogP contribution in [0.4, 0.5) is 0 Å². The number of carboxylic acids is 1. The van der Waals surface area contributed by atoms with E-state index in [1.165, 1.54) is 6.08 Å². The molecule has 2 N–H and O–H groups in total. The van der Waals surface area contributed by atoms with Crippen molar-refractivity contribution in [3.63, 3.8) is 0 Å². The second kappa shape index (κ2) is 5.75. The average molecular weight is 186 g/mol. The number of aliphatic hydroxyl groups is 1. The Bertz CT molecular complexity index is 183. The predicted octanol–water partition coefficient (Wildman–Crippen LogP) is 1.96. The van der Waals surface area contributed by atoms with Gasteiger partial charge in [-0.15, -0.1) is 0 Å². The summed E-state index contributed by atoms with van der Waals surface area (Å²) >= 11 is 0. The smallest absolute Gasteiger partial charge is 0.327 e. The maximum Gasteiger partial charge on any atom is 0.327 e. The molecule has 1 unspecified atom stereocenters. The summed E-state index contributed by atoms with van der Waals surface area (Å²) in [6.45, 7) is 3.79. The maximum absolute atomic E-state index is 10.1. The number of unbranched alkanes of at least 4 members (excludes halogenated alkanes) is 1. The van der Waals surface area contributed by atoms with E-state index in [2.05, 4.69) is 6.92 Å². The van der Waals surface area contributed by atoms with Crippen LogP contribution in [0.25, 0.3) is 0 Å². The van der Waals surface area contributed by atoms with Gasteiger partial charge in [0.2, 0.25) is 0 Å². The molecule has 0 heterocycles. The van der Waals surface area contributed by atoms with Crippen molar-refractivity contribution in [2.24, 2.45) is 0 Å². The molecule has 13 heavy (non-hydrogen) atoms. The Morgan fingerprint density at radius 2 is 2.15 bits per heavy atom. The monoisotopic (exact) mass is 186 g/mol. The molecule has 1 atom stereocenters. The van der Waals surface area contributed by atoms with Crippen molar-refractivity contribution >= 4 is 5.97 Å². The van der Waals surface area contributed by atoms with Crippen LogP contribution in [0.5, 0.6) is 0 Å². The Morgan fingerprint density at radius 1 is 1.54 bits per heavy atom. The summed E-state index contributed by atoms with van der Waals surface area (Å²) in [6, 6.07) is 0. The fourth-order valence-corrected chi connectivity index (χ4v) is 1.07. The molecule has 0 saturated heterocycles. The molecule has 3 nitrogen and oxygen atoms in total. The Hall–Kier alpha value is -0.830. The van der Waals surface area contributed by atoms with E-state index in [-0.39, 0.29) is 0 Å². The minimum absolute atomic E-state index is 0.402. The van der Waals surface area contributed by atoms with Crippen LogP contribution in [0.1, 0.15) is 39.5 Å². The van der Waals surface area contributed by atoms with Gasteiger partial charge in [-0.05, 0) is 19.8 Å². The van der Waals surface area contributed by atoms with Crippen LogP contribution in [0.2, 0.25) is 0 Å². The molecular formula is C10H18O3. The Kier molecular flexibility index (Phi) is 5.39. The Morgan fingerprint density at radius 3 is 2.62 bits per heavy atom. The van der Waals surface area contributed by atoms with Gasteiger partial charge in [0, 0.05) is 6.08 Å². The molecule has 0 radical (unpaired) electrons. The summed E-state index contributed by atoms with van der Waals surface area (Å²) in [5.74, 6) is -0.966. The van der Waals surface area contributed by atoms with Crippen molar-refractivity contribution < 1.29 is 15.0 Å².